The summed E-state index contributed by atoms with van der Waals surface area (Å²) in [6.07, 6.45) is 6.88. The molecule has 1 fully saturated rings. The minimum atomic E-state index is -1.49. The van der Waals surface area contributed by atoms with E-state index in [1.807, 2.05) is 28.9 Å². The van der Waals surface area contributed by atoms with E-state index >= 15 is 0 Å². The second-order valence-electron chi connectivity index (χ2n) is 7.49. The highest BCUT2D eigenvalue weighted by Crippen LogP contribution is 2.26. The predicted molar refractivity (Wildman–Crippen MR) is 117 cm³/mol. The van der Waals surface area contributed by atoms with Crippen LogP contribution in [0.3, 0.4) is 0 Å². The van der Waals surface area contributed by atoms with Gasteiger partial charge in [-0.3, -0.25) is 0 Å². The molecule has 2 aromatic heterocycles. The van der Waals surface area contributed by atoms with Crippen LogP contribution in [-0.2, 0) is 17.4 Å². The van der Waals surface area contributed by atoms with Crippen molar-refractivity contribution in [3.8, 4) is 0 Å². The van der Waals surface area contributed by atoms with E-state index in [4.69, 9.17) is 15.9 Å². The molecule has 1 atom stereocenters. The van der Waals surface area contributed by atoms with Crippen LogP contribution in [0.25, 0.3) is 5.65 Å². The van der Waals surface area contributed by atoms with Crippen molar-refractivity contribution < 1.29 is 4.21 Å². The molecular weight excluding hydrogens is 386 g/mol. The number of hydrogen-bond donors (Lipinski definition) is 4. The standard InChI is InChI=1S/C20H27N7OS/c1-2-13-12-23-27-19(25-16-7-9-17(10-8-16)29(22)28)11-18(26-20(13)27)24-15-5-3-14(21)4-6-15/h7-12,14-15,25H,2-6,21-22H2,1H3,(H,24,26). The van der Waals surface area contributed by atoms with Gasteiger partial charge >= 0.3 is 0 Å². The molecule has 4 rings (SSSR count). The molecule has 1 aromatic carbocycles. The Labute approximate surface area is 172 Å². The van der Waals surface area contributed by atoms with Gasteiger partial charge in [0.1, 0.15) is 22.6 Å². The molecule has 6 N–H and O–H groups in total. The topological polar surface area (TPSA) is 123 Å². The molecular formula is C20H27N7OS. The first-order chi connectivity index (χ1) is 14.0. The number of hydrogen-bond acceptors (Lipinski definition) is 6. The van der Waals surface area contributed by atoms with Gasteiger partial charge in [-0.1, -0.05) is 6.92 Å². The van der Waals surface area contributed by atoms with Gasteiger partial charge in [0.05, 0.1) is 11.1 Å². The van der Waals surface area contributed by atoms with Crippen LogP contribution >= 0.6 is 0 Å². The Bertz CT molecular complexity index is 1010. The summed E-state index contributed by atoms with van der Waals surface area (Å²) in [5, 5.41) is 16.9. The zero-order chi connectivity index (χ0) is 20.4. The van der Waals surface area contributed by atoms with Gasteiger partial charge in [0.15, 0.2) is 5.65 Å². The minimum Gasteiger partial charge on any atom is -0.367 e. The van der Waals surface area contributed by atoms with Crippen molar-refractivity contribution >= 4 is 34.0 Å². The molecule has 1 aliphatic rings. The average Bonchev–Trinajstić information content (AvgIpc) is 3.13. The van der Waals surface area contributed by atoms with Crippen LogP contribution < -0.4 is 21.5 Å². The predicted octanol–water partition coefficient (Wildman–Crippen LogP) is 2.70. The molecule has 0 bridgehead atoms. The Kier molecular flexibility index (Phi) is 5.79. The Morgan fingerprint density at radius 3 is 2.59 bits per heavy atom. The lowest BCUT2D eigenvalue weighted by Crippen LogP contribution is -2.33. The number of benzene rings is 1. The summed E-state index contributed by atoms with van der Waals surface area (Å²) in [5.74, 6) is 1.64. The van der Waals surface area contributed by atoms with Gasteiger partial charge in [0.2, 0.25) is 0 Å². The lowest BCUT2D eigenvalue weighted by Gasteiger charge is -2.27. The fourth-order valence-corrected chi connectivity index (χ4v) is 4.12. The van der Waals surface area contributed by atoms with E-state index in [1.165, 1.54) is 0 Å². The molecule has 8 nitrogen and oxygen atoms in total. The van der Waals surface area contributed by atoms with Crippen molar-refractivity contribution in [2.45, 2.75) is 56.0 Å². The van der Waals surface area contributed by atoms with Gasteiger partial charge in [-0.25, -0.2) is 14.3 Å². The van der Waals surface area contributed by atoms with Crippen LogP contribution in [0, 0.1) is 0 Å². The maximum absolute atomic E-state index is 11.4. The molecule has 1 saturated carbocycles. The van der Waals surface area contributed by atoms with Gasteiger partial charge in [-0.2, -0.15) is 9.61 Å². The Morgan fingerprint density at radius 1 is 1.21 bits per heavy atom. The molecule has 154 valence electrons. The van der Waals surface area contributed by atoms with E-state index in [0.717, 1.165) is 60.6 Å². The number of nitrogens with one attached hydrogen (secondary N) is 2. The van der Waals surface area contributed by atoms with Gasteiger partial charge in [-0.05, 0) is 56.4 Å². The minimum absolute atomic E-state index is 0.313. The largest absolute Gasteiger partial charge is 0.367 e. The number of aryl methyl sites for hydroxylation is 1. The molecule has 3 aromatic rings. The molecule has 1 aliphatic carbocycles. The van der Waals surface area contributed by atoms with Gasteiger partial charge in [0, 0.05) is 29.4 Å². The highest BCUT2D eigenvalue weighted by molar-refractivity contribution is 7.82. The lowest BCUT2D eigenvalue weighted by molar-refractivity contribution is 0.410. The second kappa shape index (κ2) is 8.48. The smallest absolute Gasteiger partial charge is 0.162 e. The monoisotopic (exact) mass is 413 g/mol. The maximum atomic E-state index is 11.4. The third kappa shape index (κ3) is 4.42. The molecule has 9 heteroatoms. The van der Waals surface area contributed by atoms with E-state index < -0.39 is 11.0 Å². The molecule has 1 unspecified atom stereocenters. The summed E-state index contributed by atoms with van der Waals surface area (Å²) < 4.78 is 13.2. The average molecular weight is 414 g/mol. The molecule has 0 aliphatic heterocycles. The third-order valence-corrected chi connectivity index (χ3v) is 6.15. The first-order valence-electron chi connectivity index (χ1n) is 9.96. The van der Waals surface area contributed by atoms with E-state index in [1.54, 1.807) is 12.1 Å². The quantitative estimate of drug-likeness (QED) is 0.493. The molecule has 2 heterocycles. The van der Waals surface area contributed by atoms with Crippen LogP contribution in [0.4, 0.5) is 17.3 Å². The van der Waals surface area contributed by atoms with E-state index in [2.05, 4.69) is 22.7 Å². The Morgan fingerprint density at radius 2 is 1.93 bits per heavy atom. The third-order valence-electron chi connectivity index (χ3n) is 5.41. The van der Waals surface area contributed by atoms with Crippen LogP contribution in [0.5, 0.6) is 0 Å². The fraction of sp³-hybridized carbons (Fsp3) is 0.400. The number of aromatic nitrogens is 3. The van der Waals surface area contributed by atoms with Crippen molar-refractivity contribution in [1.29, 1.82) is 0 Å². The number of nitrogens with zero attached hydrogens (tertiary/aromatic N) is 3. The summed E-state index contributed by atoms with van der Waals surface area (Å²) in [5.41, 5.74) is 8.83. The first kappa shape index (κ1) is 19.8. The zero-order valence-electron chi connectivity index (χ0n) is 16.5. The highest BCUT2D eigenvalue weighted by Gasteiger charge is 2.20. The van der Waals surface area contributed by atoms with Gasteiger partial charge in [-0.15, -0.1) is 0 Å². The summed E-state index contributed by atoms with van der Waals surface area (Å²) in [7, 11) is -1.49. The first-order valence-corrected chi connectivity index (χ1v) is 11.2. The fourth-order valence-electron chi connectivity index (χ4n) is 3.71. The van der Waals surface area contributed by atoms with Crippen molar-refractivity contribution in [1.82, 2.24) is 14.6 Å². The number of anilines is 3. The summed E-state index contributed by atoms with van der Waals surface area (Å²) in [4.78, 5) is 5.40. The van der Waals surface area contributed by atoms with Crippen LogP contribution in [0.1, 0.15) is 38.2 Å². The molecule has 0 radical (unpaired) electrons. The second-order valence-corrected chi connectivity index (χ2v) is 8.55. The van der Waals surface area contributed by atoms with Crippen LogP contribution in [-0.4, -0.2) is 30.9 Å². The van der Waals surface area contributed by atoms with E-state index in [9.17, 15) is 4.21 Å². The number of rotatable bonds is 6. The number of nitrogens with two attached hydrogens (primary N) is 2. The highest BCUT2D eigenvalue weighted by atomic mass is 32.2. The van der Waals surface area contributed by atoms with Gasteiger partial charge in [0.25, 0.3) is 0 Å². The number of fused-ring (bicyclic) bond motifs is 1. The maximum Gasteiger partial charge on any atom is 0.162 e. The Hall–Kier alpha value is -2.49. The normalized spacial score (nSPS) is 20.5. The van der Waals surface area contributed by atoms with Crippen LogP contribution in [0.2, 0.25) is 0 Å². The zero-order valence-corrected chi connectivity index (χ0v) is 17.3. The lowest BCUT2D eigenvalue weighted by atomic mass is 9.92. The van der Waals surface area contributed by atoms with Crippen LogP contribution in [0.15, 0.2) is 41.4 Å². The SMILES string of the molecule is CCc1cnn2c(Nc3ccc(S(N)=O)cc3)cc(NC3CCC(N)CC3)nc12. The molecule has 0 amide bonds. The van der Waals surface area contributed by atoms with E-state index in [0.29, 0.717) is 17.0 Å². The van der Waals surface area contributed by atoms with Crippen molar-refractivity contribution in [3.05, 3.63) is 42.1 Å². The van der Waals surface area contributed by atoms with E-state index in [-0.39, 0.29) is 0 Å². The molecule has 0 saturated heterocycles. The van der Waals surface area contributed by atoms with Crippen molar-refractivity contribution in [2.24, 2.45) is 10.9 Å². The summed E-state index contributed by atoms with van der Waals surface area (Å²) in [6, 6.07) is 9.88. The molecule has 0 spiro atoms. The van der Waals surface area contributed by atoms with Crippen molar-refractivity contribution in [2.75, 3.05) is 10.6 Å². The summed E-state index contributed by atoms with van der Waals surface area (Å²) in [6.45, 7) is 2.10. The molecule has 29 heavy (non-hydrogen) atoms. The van der Waals surface area contributed by atoms with Gasteiger partial charge < -0.3 is 16.4 Å². The summed E-state index contributed by atoms with van der Waals surface area (Å²) >= 11 is 0. The Balaban J connectivity index is 1.64. The van der Waals surface area contributed by atoms with Crippen molar-refractivity contribution in [3.63, 3.8) is 0 Å².